The smallest absolute Gasteiger partial charge is 0.256 e. The first-order valence-corrected chi connectivity index (χ1v) is 5.37. The lowest BCUT2D eigenvalue weighted by molar-refractivity contribution is -0.120. The molecule has 6 heteroatoms. The second kappa shape index (κ2) is 6.47. The lowest BCUT2D eigenvalue weighted by Gasteiger charge is -2.04. The van der Waals surface area contributed by atoms with Gasteiger partial charge in [0.05, 0.1) is 0 Å². The number of pyridine rings is 1. The number of hydrogen-bond acceptors (Lipinski definition) is 3. The Labute approximate surface area is 98.4 Å². The van der Waals surface area contributed by atoms with Crippen LogP contribution in [0.2, 0.25) is 0 Å². The predicted octanol–water partition coefficient (Wildman–Crippen LogP) is -0.369. The number of aromatic amines is 1. The van der Waals surface area contributed by atoms with Crippen LogP contribution in [0.5, 0.6) is 0 Å². The molecule has 1 heterocycles. The average Bonchev–Trinajstić information content (AvgIpc) is 2.29. The maximum absolute atomic E-state index is 11.5. The molecule has 2 amide bonds. The van der Waals surface area contributed by atoms with Crippen LogP contribution in [0.3, 0.4) is 0 Å². The van der Waals surface area contributed by atoms with Crippen molar-refractivity contribution in [1.82, 2.24) is 15.6 Å². The first-order chi connectivity index (χ1) is 8.15. The highest BCUT2D eigenvalue weighted by atomic mass is 16.2. The minimum Gasteiger partial charge on any atom is -0.367 e. The number of hydrogen-bond donors (Lipinski definition) is 3. The molecular weight excluding hydrogens is 222 g/mol. The number of carbonyl (C=O) groups excluding carboxylic acids is 2. The number of H-pyrrole nitrogens is 1. The summed E-state index contributed by atoms with van der Waals surface area (Å²) in [5, 5.41) is 5.12. The van der Waals surface area contributed by atoms with E-state index in [1.807, 2.05) is 6.92 Å². The lowest BCUT2D eigenvalue weighted by Crippen LogP contribution is -2.32. The van der Waals surface area contributed by atoms with Gasteiger partial charge in [0.15, 0.2) is 5.43 Å². The van der Waals surface area contributed by atoms with Gasteiger partial charge in [-0.05, 0) is 6.92 Å². The minimum absolute atomic E-state index is 0.0448. The lowest BCUT2D eigenvalue weighted by atomic mass is 10.2. The summed E-state index contributed by atoms with van der Waals surface area (Å²) in [5.74, 6) is -0.606. The summed E-state index contributed by atoms with van der Waals surface area (Å²) in [6, 6.07) is 1.28. The zero-order chi connectivity index (χ0) is 12.7. The monoisotopic (exact) mass is 237 g/mol. The van der Waals surface area contributed by atoms with Gasteiger partial charge in [-0.2, -0.15) is 0 Å². The first kappa shape index (κ1) is 13.0. The van der Waals surface area contributed by atoms with Crippen LogP contribution in [0.4, 0.5) is 0 Å². The van der Waals surface area contributed by atoms with Gasteiger partial charge in [-0.1, -0.05) is 0 Å². The summed E-state index contributed by atoms with van der Waals surface area (Å²) in [7, 11) is 0. The van der Waals surface area contributed by atoms with E-state index in [1.54, 1.807) is 0 Å². The SMILES string of the molecule is CCNC(=O)CCNC(=O)c1c[nH]ccc1=O. The van der Waals surface area contributed by atoms with Crippen LogP contribution >= 0.6 is 0 Å². The van der Waals surface area contributed by atoms with Gasteiger partial charge in [-0.25, -0.2) is 0 Å². The van der Waals surface area contributed by atoms with Gasteiger partial charge in [0, 0.05) is 38.0 Å². The Morgan fingerprint density at radius 1 is 1.35 bits per heavy atom. The van der Waals surface area contributed by atoms with Crippen molar-refractivity contribution in [2.75, 3.05) is 13.1 Å². The normalized spacial score (nSPS) is 9.71. The third-order valence-electron chi connectivity index (χ3n) is 2.08. The summed E-state index contributed by atoms with van der Waals surface area (Å²) in [6.45, 7) is 2.59. The molecule has 0 aromatic carbocycles. The fraction of sp³-hybridized carbons (Fsp3) is 0.364. The summed E-state index contributed by atoms with van der Waals surface area (Å²) in [6.07, 6.45) is 2.99. The van der Waals surface area contributed by atoms with E-state index in [9.17, 15) is 14.4 Å². The second-order valence-corrected chi connectivity index (χ2v) is 3.38. The zero-order valence-electron chi connectivity index (χ0n) is 9.58. The molecule has 1 aromatic heterocycles. The van der Waals surface area contributed by atoms with E-state index in [-0.39, 0.29) is 29.9 Å². The Bertz CT molecular complexity index is 453. The Balaban J connectivity index is 2.43. The average molecular weight is 237 g/mol. The van der Waals surface area contributed by atoms with E-state index < -0.39 is 5.91 Å². The molecule has 3 N–H and O–H groups in total. The molecule has 0 bridgehead atoms. The molecule has 0 saturated carbocycles. The minimum atomic E-state index is -0.476. The third-order valence-corrected chi connectivity index (χ3v) is 2.08. The Hall–Kier alpha value is -2.11. The van der Waals surface area contributed by atoms with E-state index >= 15 is 0 Å². The highest BCUT2D eigenvalue weighted by molar-refractivity contribution is 5.93. The highest BCUT2D eigenvalue weighted by Gasteiger charge is 2.09. The van der Waals surface area contributed by atoms with Crippen molar-refractivity contribution >= 4 is 11.8 Å². The quantitative estimate of drug-likeness (QED) is 0.652. The van der Waals surface area contributed by atoms with E-state index in [1.165, 1.54) is 18.5 Å². The van der Waals surface area contributed by atoms with E-state index in [2.05, 4.69) is 15.6 Å². The summed E-state index contributed by atoms with van der Waals surface area (Å²) >= 11 is 0. The molecule has 0 radical (unpaired) electrons. The first-order valence-electron chi connectivity index (χ1n) is 5.37. The molecule has 6 nitrogen and oxygen atoms in total. The third kappa shape index (κ3) is 4.10. The second-order valence-electron chi connectivity index (χ2n) is 3.38. The van der Waals surface area contributed by atoms with Gasteiger partial charge in [-0.3, -0.25) is 14.4 Å². The Morgan fingerprint density at radius 2 is 2.12 bits per heavy atom. The molecule has 0 atom stereocenters. The zero-order valence-corrected chi connectivity index (χ0v) is 9.58. The Kier molecular flexibility index (Phi) is 4.93. The Morgan fingerprint density at radius 3 is 2.76 bits per heavy atom. The van der Waals surface area contributed by atoms with Gasteiger partial charge in [0.1, 0.15) is 5.56 Å². The fourth-order valence-corrected chi connectivity index (χ4v) is 1.26. The molecule has 0 aliphatic carbocycles. The standard InChI is InChI=1S/C11H15N3O3/c1-2-13-10(16)4-6-14-11(17)8-7-12-5-3-9(8)15/h3,5,7H,2,4,6H2,1H3,(H,12,15)(H,13,16)(H,14,17). The van der Waals surface area contributed by atoms with Crippen molar-refractivity contribution in [2.24, 2.45) is 0 Å². The van der Waals surface area contributed by atoms with E-state index in [0.717, 1.165) is 0 Å². The van der Waals surface area contributed by atoms with Crippen molar-refractivity contribution < 1.29 is 9.59 Å². The summed E-state index contributed by atoms with van der Waals surface area (Å²) in [4.78, 5) is 36.6. The van der Waals surface area contributed by atoms with E-state index in [4.69, 9.17) is 0 Å². The van der Waals surface area contributed by atoms with Crippen LogP contribution in [0.25, 0.3) is 0 Å². The number of carbonyl (C=O) groups is 2. The number of aromatic nitrogens is 1. The fourth-order valence-electron chi connectivity index (χ4n) is 1.26. The van der Waals surface area contributed by atoms with Crippen LogP contribution in [-0.4, -0.2) is 29.9 Å². The largest absolute Gasteiger partial charge is 0.367 e. The molecule has 17 heavy (non-hydrogen) atoms. The van der Waals surface area contributed by atoms with Crippen LogP contribution in [0, 0.1) is 0 Å². The summed E-state index contributed by atoms with van der Waals surface area (Å²) < 4.78 is 0. The van der Waals surface area contributed by atoms with Crippen LogP contribution in [-0.2, 0) is 4.79 Å². The molecule has 92 valence electrons. The van der Waals surface area contributed by atoms with Gasteiger partial charge < -0.3 is 15.6 Å². The van der Waals surface area contributed by atoms with Gasteiger partial charge in [0.25, 0.3) is 5.91 Å². The molecule has 0 aliphatic heterocycles. The van der Waals surface area contributed by atoms with Crippen molar-refractivity contribution in [1.29, 1.82) is 0 Å². The molecule has 0 spiro atoms. The molecule has 0 aliphatic rings. The summed E-state index contributed by atoms with van der Waals surface area (Å²) in [5.41, 5.74) is -0.303. The number of nitrogens with one attached hydrogen (secondary N) is 3. The van der Waals surface area contributed by atoms with Crippen molar-refractivity contribution in [3.8, 4) is 0 Å². The van der Waals surface area contributed by atoms with Gasteiger partial charge in [-0.15, -0.1) is 0 Å². The van der Waals surface area contributed by atoms with Crippen molar-refractivity contribution in [3.63, 3.8) is 0 Å². The maximum atomic E-state index is 11.5. The number of amides is 2. The highest BCUT2D eigenvalue weighted by Crippen LogP contribution is 1.88. The van der Waals surface area contributed by atoms with Gasteiger partial charge >= 0.3 is 0 Å². The van der Waals surface area contributed by atoms with Crippen LogP contribution in [0.1, 0.15) is 23.7 Å². The van der Waals surface area contributed by atoms with Crippen molar-refractivity contribution in [2.45, 2.75) is 13.3 Å². The molecular formula is C11H15N3O3. The predicted molar refractivity (Wildman–Crippen MR) is 62.7 cm³/mol. The van der Waals surface area contributed by atoms with Crippen LogP contribution in [0.15, 0.2) is 23.3 Å². The molecule has 1 aromatic rings. The number of rotatable bonds is 5. The van der Waals surface area contributed by atoms with Crippen LogP contribution < -0.4 is 16.1 Å². The molecule has 0 unspecified atom stereocenters. The molecule has 1 rings (SSSR count). The molecule has 0 saturated heterocycles. The molecule has 0 fully saturated rings. The topological polar surface area (TPSA) is 91.1 Å². The maximum Gasteiger partial charge on any atom is 0.256 e. The van der Waals surface area contributed by atoms with Crippen molar-refractivity contribution in [3.05, 3.63) is 34.2 Å². The van der Waals surface area contributed by atoms with E-state index in [0.29, 0.717) is 6.54 Å². The van der Waals surface area contributed by atoms with Gasteiger partial charge in [0.2, 0.25) is 5.91 Å².